The second-order valence-electron chi connectivity index (χ2n) is 11.1. The normalized spacial score (nSPS) is 23.4. The summed E-state index contributed by atoms with van der Waals surface area (Å²) in [5.41, 5.74) is 4.05. The molecule has 1 aliphatic carbocycles. The van der Waals surface area contributed by atoms with E-state index in [0.29, 0.717) is 18.9 Å². The number of nitrogens with zero attached hydrogens (tertiary/aromatic N) is 2. The van der Waals surface area contributed by atoms with E-state index in [1.165, 1.54) is 27.8 Å². The maximum absolute atomic E-state index is 13.4. The third-order valence-corrected chi connectivity index (χ3v) is 9.10. The molecule has 1 saturated carbocycles. The minimum absolute atomic E-state index is 0.0257. The van der Waals surface area contributed by atoms with Crippen molar-refractivity contribution in [3.8, 4) is 10.4 Å². The van der Waals surface area contributed by atoms with Crippen molar-refractivity contribution < 1.29 is 19.0 Å². The van der Waals surface area contributed by atoms with Crippen LogP contribution in [-0.4, -0.2) is 45.7 Å². The standard InChI is InChI=1S/C31H35FN4O3S/c1-5-21-22-8-6-7-9-24(22)40-28(21)25-17(2)34-30(33-15-18-10-12-20(32)13-11-18)36-29(25)35-23-14-19(16-37)26-27(23)39-31(3,4)38-26/h6-13,19,23,26-27,37H,5,14-16H2,1-4H3,(H2,33,34,35,36). The average molecular weight is 563 g/mol. The summed E-state index contributed by atoms with van der Waals surface area (Å²) < 4.78 is 27.1. The number of halogens is 1. The van der Waals surface area contributed by atoms with Crippen LogP contribution in [0.15, 0.2) is 48.5 Å². The molecule has 1 aliphatic heterocycles. The molecule has 1 saturated heterocycles. The minimum Gasteiger partial charge on any atom is -0.396 e. The van der Waals surface area contributed by atoms with E-state index in [9.17, 15) is 9.50 Å². The van der Waals surface area contributed by atoms with Gasteiger partial charge < -0.3 is 25.2 Å². The van der Waals surface area contributed by atoms with Crippen molar-refractivity contribution in [2.75, 3.05) is 17.2 Å². The van der Waals surface area contributed by atoms with Crippen molar-refractivity contribution >= 4 is 33.2 Å². The van der Waals surface area contributed by atoms with Gasteiger partial charge in [-0.2, -0.15) is 4.98 Å². The molecule has 7 nitrogen and oxygen atoms in total. The highest BCUT2D eigenvalue weighted by Gasteiger charge is 2.54. The van der Waals surface area contributed by atoms with E-state index in [2.05, 4.69) is 41.8 Å². The molecular weight excluding hydrogens is 527 g/mol. The third-order valence-electron chi connectivity index (χ3n) is 7.87. The Hall–Kier alpha value is -3.11. The topological polar surface area (TPSA) is 88.5 Å². The second kappa shape index (κ2) is 10.7. The lowest BCUT2D eigenvalue weighted by molar-refractivity contribution is -0.158. The molecule has 2 aromatic heterocycles. The van der Waals surface area contributed by atoms with Crippen molar-refractivity contribution in [1.82, 2.24) is 9.97 Å². The zero-order chi connectivity index (χ0) is 28.0. The molecule has 4 aromatic rings. The Balaban J connectivity index is 1.40. The number of nitrogens with one attached hydrogen (secondary N) is 2. The molecule has 0 bridgehead atoms. The largest absolute Gasteiger partial charge is 0.396 e. The number of aromatic nitrogens is 2. The predicted molar refractivity (Wildman–Crippen MR) is 157 cm³/mol. The smallest absolute Gasteiger partial charge is 0.225 e. The van der Waals surface area contributed by atoms with Crippen LogP contribution in [0.5, 0.6) is 0 Å². The van der Waals surface area contributed by atoms with E-state index in [1.54, 1.807) is 23.5 Å². The Bertz CT molecular complexity index is 1520. The quantitative estimate of drug-likeness (QED) is 0.233. The zero-order valence-corrected chi connectivity index (χ0v) is 24.0. The van der Waals surface area contributed by atoms with Crippen molar-refractivity contribution in [3.63, 3.8) is 0 Å². The lowest BCUT2D eigenvalue weighted by atomic mass is 10.0. The lowest BCUT2D eigenvalue weighted by Gasteiger charge is -2.25. The van der Waals surface area contributed by atoms with E-state index >= 15 is 0 Å². The van der Waals surface area contributed by atoms with Crippen LogP contribution in [-0.2, 0) is 22.4 Å². The van der Waals surface area contributed by atoms with Gasteiger partial charge in [0.25, 0.3) is 0 Å². The van der Waals surface area contributed by atoms with E-state index in [0.717, 1.165) is 33.9 Å². The molecule has 0 amide bonds. The predicted octanol–water partition coefficient (Wildman–Crippen LogP) is 6.29. The molecule has 2 aliphatic rings. The minimum atomic E-state index is -0.712. The van der Waals surface area contributed by atoms with Crippen LogP contribution in [0.4, 0.5) is 16.2 Å². The highest BCUT2D eigenvalue weighted by Crippen LogP contribution is 2.46. The lowest BCUT2D eigenvalue weighted by Crippen LogP contribution is -2.35. The Labute approximate surface area is 237 Å². The highest BCUT2D eigenvalue weighted by atomic mass is 32.1. The molecule has 2 aromatic carbocycles. The van der Waals surface area contributed by atoms with Crippen LogP contribution in [0.25, 0.3) is 20.5 Å². The van der Waals surface area contributed by atoms with Gasteiger partial charge in [-0.25, -0.2) is 9.37 Å². The van der Waals surface area contributed by atoms with Crippen LogP contribution < -0.4 is 10.6 Å². The summed E-state index contributed by atoms with van der Waals surface area (Å²) in [6, 6.07) is 14.8. The fourth-order valence-corrected chi connectivity index (χ4v) is 7.44. The number of fused-ring (bicyclic) bond motifs is 2. The number of aryl methyl sites for hydroxylation is 2. The molecule has 4 atom stereocenters. The van der Waals surface area contributed by atoms with Gasteiger partial charge in [0.2, 0.25) is 5.95 Å². The number of ether oxygens (including phenoxy) is 2. The molecule has 9 heteroatoms. The fraction of sp³-hybridized carbons (Fsp3) is 0.419. The summed E-state index contributed by atoms with van der Waals surface area (Å²) in [6.45, 7) is 8.53. The first-order valence-corrected chi connectivity index (χ1v) is 14.7. The second-order valence-corrected chi connectivity index (χ2v) is 12.1. The van der Waals surface area contributed by atoms with E-state index in [-0.39, 0.29) is 36.6 Å². The first kappa shape index (κ1) is 27.1. The van der Waals surface area contributed by atoms with Gasteiger partial charge in [0.15, 0.2) is 5.79 Å². The summed E-state index contributed by atoms with van der Waals surface area (Å²) in [5, 5.41) is 18.4. The van der Waals surface area contributed by atoms with Gasteiger partial charge in [0.1, 0.15) is 17.7 Å². The van der Waals surface area contributed by atoms with Gasteiger partial charge in [0, 0.05) is 28.6 Å². The monoisotopic (exact) mass is 562 g/mol. The molecular formula is C31H35FN4O3S. The van der Waals surface area contributed by atoms with Gasteiger partial charge in [-0.05, 0) is 68.3 Å². The van der Waals surface area contributed by atoms with Gasteiger partial charge in [0.05, 0.1) is 23.4 Å². The number of aliphatic hydroxyl groups is 1. The van der Waals surface area contributed by atoms with Crippen LogP contribution in [0.2, 0.25) is 0 Å². The highest BCUT2D eigenvalue weighted by molar-refractivity contribution is 7.22. The molecule has 3 heterocycles. The van der Waals surface area contributed by atoms with E-state index in [4.69, 9.17) is 19.4 Å². The van der Waals surface area contributed by atoms with Gasteiger partial charge in [-0.15, -0.1) is 11.3 Å². The van der Waals surface area contributed by atoms with Crippen molar-refractivity contribution in [2.45, 2.75) is 71.1 Å². The molecule has 210 valence electrons. The Morgan fingerprint density at radius 2 is 1.82 bits per heavy atom. The van der Waals surface area contributed by atoms with Gasteiger partial charge >= 0.3 is 0 Å². The molecule has 2 fully saturated rings. The maximum atomic E-state index is 13.4. The maximum Gasteiger partial charge on any atom is 0.225 e. The summed E-state index contributed by atoms with van der Waals surface area (Å²) in [6.07, 6.45) is 1.19. The molecule has 3 N–H and O–H groups in total. The van der Waals surface area contributed by atoms with E-state index in [1.807, 2.05) is 20.8 Å². The summed E-state index contributed by atoms with van der Waals surface area (Å²) in [4.78, 5) is 11.0. The Kier molecular flexibility index (Phi) is 7.25. The number of anilines is 2. The van der Waals surface area contributed by atoms with Gasteiger partial charge in [-0.3, -0.25) is 0 Å². The fourth-order valence-electron chi connectivity index (χ4n) is 6.05. The molecule has 4 unspecified atom stereocenters. The molecule has 40 heavy (non-hydrogen) atoms. The first-order valence-electron chi connectivity index (χ1n) is 13.9. The SMILES string of the molecule is CCc1c(-c2c(C)nc(NCc3ccc(F)cc3)nc2NC2CC(CO)C3OC(C)(C)OC23)sc2ccccc12. The number of rotatable bonds is 8. The van der Waals surface area contributed by atoms with E-state index < -0.39 is 5.79 Å². The molecule has 0 radical (unpaired) electrons. The summed E-state index contributed by atoms with van der Waals surface area (Å²) in [7, 11) is 0. The van der Waals surface area contributed by atoms with Crippen LogP contribution in [0, 0.1) is 18.7 Å². The summed E-state index contributed by atoms with van der Waals surface area (Å²) >= 11 is 1.76. The zero-order valence-electron chi connectivity index (χ0n) is 23.2. The number of hydrogen-bond donors (Lipinski definition) is 3. The number of aliphatic hydroxyl groups excluding tert-OH is 1. The van der Waals surface area contributed by atoms with Crippen molar-refractivity contribution in [2.24, 2.45) is 5.92 Å². The Morgan fingerprint density at radius 1 is 1.07 bits per heavy atom. The number of benzene rings is 2. The summed E-state index contributed by atoms with van der Waals surface area (Å²) in [5.74, 6) is 0.216. The molecule has 6 rings (SSSR count). The van der Waals surface area contributed by atoms with Gasteiger partial charge in [-0.1, -0.05) is 37.3 Å². The average Bonchev–Trinajstić information content (AvgIpc) is 3.56. The number of thiophene rings is 1. The Morgan fingerprint density at radius 3 is 2.58 bits per heavy atom. The van der Waals surface area contributed by atoms with Crippen LogP contribution in [0.1, 0.15) is 44.0 Å². The molecule has 0 spiro atoms. The third kappa shape index (κ3) is 5.07. The van der Waals surface area contributed by atoms with Crippen LogP contribution in [0.3, 0.4) is 0 Å². The number of hydrogen-bond acceptors (Lipinski definition) is 8. The van der Waals surface area contributed by atoms with Crippen molar-refractivity contribution in [3.05, 3.63) is 71.2 Å². The van der Waals surface area contributed by atoms with Crippen LogP contribution >= 0.6 is 11.3 Å². The first-order chi connectivity index (χ1) is 19.3. The van der Waals surface area contributed by atoms with Crippen molar-refractivity contribution in [1.29, 1.82) is 0 Å².